The average molecular weight is 328 g/mol. The normalized spacial score (nSPS) is 14.5. The van der Waals surface area contributed by atoms with E-state index in [2.05, 4.69) is 5.32 Å². The van der Waals surface area contributed by atoms with E-state index in [4.69, 9.17) is 4.74 Å². The zero-order valence-corrected chi connectivity index (χ0v) is 15.5. The number of hydrogen-bond acceptors (Lipinski definition) is 5. The number of ketones is 1. The van der Waals surface area contributed by atoms with Crippen molar-refractivity contribution in [3.8, 4) is 0 Å². The molecule has 0 spiro atoms. The second-order valence-corrected chi connectivity index (χ2v) is 7.78. The molecule has 0 aromatic rings. The molecule has 7 heteroatoms. The number of nitrogens with one attached hydrogen (secondary N) is 1. The van der Waals surface area contributed by atoms with Crippen LogP contribution >= 0.6 is 0 Å². The Bertz CT molecular complexity index is 512. The topological polar surface area (TPSA) is 92.8 Å². The number of rotatable bonds is 4. The standard InChI is InChI=1S/C16H28N2O5/c1-10(19)16(12(21)18(8)9,11(20)17-15(5,6)7)23-13(22)14(2,3)4/h1-9H3,(H,17,20). The molecule has 1 unspecified atom stereocenters. The maximum Gasteiger partial charge on any atom is 0.323 e. The number of Topliss-reactive ketones (excluding diaryl/α,β-unsaturated/α-hetero) is 1. The van der Waals surface area contributed by atoms with Gasteiger partial charge in [-0.15, -0.1) is 0 Å². The molecule has 2 amide bonds. The largest absolute Gasteiger partial charge is 0.430 e. The second kappa shape index (κ2) is 6.68. The van der Waals surface area contributed by atoms with Crippen molar-refractivity contribution in [3.63, 3.8) is 0 Å². The van der Waals surface area contributed by atoms with Gasteiger partial charge >= 0.3 is 11.6 Å². The summed E-state index contributed by atoms with van der Waals surface area (Å²) in [5, 5.41) is 2.55. The Morgan fingerprint density at radius 1 is 0.913 bits per heavy atom. The van der Waals surface area contributed by atoms with Crippen molar-refractivity contribution in [3.05, 3.63) is 0 Å². The van der Waals surface area contributed by atoms with E-state index in [1.807, 2.05) is 0 Å². The first-order chi connectivity index (χ1) is 10.1. The van der Waals surface area contributed by atoms with Crippen molar-refractivity contribution < 1.29 is 23.9 Å². The van der Waals surface area contributed by atoms with Crippen molar-refractivity contribution in [1.29, 1.82) is 0 Å². The number of esters is 1. The van der Waals surface area contributed by atoms with E-state index in [1.54, 1.807) is 41.5 Å². The van der Waals surface area contributed by atoms with Crippen LogP contribution in [0, 0.1) is 5.41 Å². The highest BCUT2D eigenvalue weighted by Gasteiger charge is 2.57. The molecule has 0 radical (unpaired) electrons. The van der Waals surface area contributed by atoms with Crippen molar-refractivity contribution in [2.45, 2.75) is 59.6 Å². The lowest BCUT2D eigenvalue weighted by Gasteiger charge is -2.35. The van der Waals surface area contributed by atoms with E-state index in [-0.39, 0.29) is 0 Å². The van der Waals surface area contributed by atoms with Gasteiger partial charge < -0.3 is 15.0 Å². The van der Waals surface area contributed by atoms with Crippen LogP contribution in [0.3, 0.4) is 0 Å². The van der Waals surface area contributed by atoms with E-state index in [1.165, 1.54) is 14.1 Å². The Hall–Kier alpha value is -1.92. The Kier molecular flexibility index (Phi) is 6.12. The van der Waals surface area contributed by atoms with Crippen molar-refractivity contribution >= 4 is 23.6 Å². The smallest absolute Gasteiger partial charge is 0.323 e. The van der Waals surface area contributed by atoms with Crippen LogP contribution in [0.25, 0.3) is 0 Å². The molecule has 1 atom stereocenters. The Morgan fingerprint density at radius 2 is 1.35 bits per heavy atom. The van der Waals surface area contributed by atoms with Crippen LogP contribution in [0.15, 0.2) is 0 Å². The average Bonchev–Trinajstić information content (AvgIpc) is 2.30. The SMILES string of the molecule is CC(=O)C(OC(=O)C(C)(C)C)(C(=O)NC(C)(C)C)C(=O)N(C)C. The van der Waals surface area contributed by atoms with Gasteiger partial charge in [0.2, 0.25) is 0 Å². The molecule has 0 fully saturated rings. The second-order valence-electron chi connectivity index (χ2n) is 7.78. The summed E-state index contributed by atoms with van der Waals surface area (Å²) in [5.41, 5.74) is -4.21. The van der Waals surface area contributed by atoms with Gasteiger partial charge in [-0.25, -0.2) is 0 Å². The third-order valence-corrected chi connectivity index (χ3v) is 2.87. The van der Waals surface area contributed by atoms with E-state index < -0.39 is 40.1 Å². The van der Waals surface area contributed by atoms with Crippen LogP contribution in [0.1, 0.15) is 48.5 Å². The number of amides is 2. The third-order valence-electron chi connectivity index (χ3n) is 2.87. The van der Waals surface area contributed by atoms with Gasteiger partial charge in [0.15, 0.2) is 5.78 Å². The molecule has 0 saturated heterocycles. The molecule has 132 valence electrons. The Balaban J connectivity index is 6.12. The molecule has 0 aliphatic heterocycles. The molecule has 1 N–H and O–H groups in total. The quantitative estimate of drug-likeness (QED) is 0.611. The lowest BCUT2D eigenvalue weighted by Crippen LogP contribution is -2.66. The van der Waals surface area contributed by atoms with E-state index in [9.17, 15) is 19.2 Å². The minimum Gasteiger partial charge on any atom is -0.430 e. The van der Waals surface area contributed by atoms with Crippen LogP contribution in [0.2, 0.25) is 0 Å². The lowest BCUT2D eigenvalue weighted by atomic mass is 9.92. The summed E-state index contributed by atoms with van der Waals surface area (Å²) in [5.74, 6) is -3.51. The number of nitrogens with zero attached hydrogens (tertiary/aromatic N) is 1. The fraction of sp³-hybridized carbons (Fsp3) is 0.750. The first kappa shape index (κ1) is 21.1. The summed E-state index contributed by atoms with van der Waals surface area (Å²) in [6.07, 6.45) is 0. The van der Waals surface area contributed by atoms with E-state index in [0.29, 0.717) is 0 Å². The maximum absolute atomic E-state index is 12.7. The molecule has 0 aliphatic carbocycles. The number of carbonyl (C=O) groups excluding carboxylic acids is 4. The molecule has 0 rings (SSSR count). The van der Waals surface area contributed by atoms with Crippen LogP contribution in [-0.4, -0.2) is 53.7 Å². The highest BCUT2D eigenvalue weighted by molar-refractivity contribution is 6.27. The Labute approximate surface area is 137 Å². The molecule has 0 saturated carbocycles. The number of ether oxygens (including phenoxy) is 1. The minimum absolute atomic E-state index is 0.710. The van der Waals surface area contributed by atoms with Gasteiger partial charge in [0.25, 0.3) is 11.8 Å². The summed E-state index contributed by atoms with van der Waals surface area (Å²) in [6, 6.07) is 0. The van der Waals surface area contributed by atoms with Crippen molar-refractivity contribution in [2.24, 2.45) is 5.41 Å². The molecular weight excluding hydrogens is 300 g/mol. The maximum atomic E-state index is 12.7. The van der Waals surface area contributed by atoms with Gasteiger partial charge in [0.05, 0.1) is 5.41 Å². The van der Waals surface area contributed by atoms with Crippen LogP contribution in [-0.2, 0) is 23.9 Å². The van der Waals surface area contributed by atoms with Gasteiger partial charge in [-0.05, 0) is 48.5 Å². The summed E-state index contributed by atoms with van der Waals surface area (Å²) in [6.45, 7) is 10.9. The zero-order chi connectivity index (χ0) is 18.8. The zero-order valence-electron chi connectivity index (χ0n) is 15.5. The molecular formula is C16H28N2O5. The molecule has 23 heavy (non-hydrogen) atoms. The van der Waals surface area contributed by atoms with Gasteiger partial charge in [0, 0.05) is 19.6 Å². The summed E-state index contributed by atoms with van der Waals surface area (Å²) >= 11 is 0. The summed E-state index contributed by atoms with van der Waals surface area (Å²) < 4.78 is 5.20. The first-order valence-corrected chi connectivity index (χ1v) is 7.34. The third kappa shape index (κ3) is 5.04. The summed E-state index contributed by atoms with van der Waals surface area (Å²) in [7, 11) is 2.77. The molecule has 0 aromatic carbocycles. The van der Waals surface area contributed by atoms with Crippen LogP contribution in [0.5, 0.6) is 0 Å². The number of carbonyl (C=O) groups is 4. The minimum atomic E-state index is -2.53. The van der Waals surface area contributed by atoms with Gasteiger partial charge in [-0.2, -0.15) is 0 Å². The molecule has 0 bridgehead atoms. The fourth-order valence-corrected chi connectivity index (χ4v) is 1.61. The first-order valence-electron chi connectivity index (χ1n) is 7.34. The molecule has 7 nitrogen and oxygen atoms in total. The predicted molar refractivity (Wildman–Crippen MR) is 85.5 cm³/mol. The monoisotopic (exact) mass is 328 g/mol. The number of likely N-dealkylation sites (N-methyl/N-ethyl adjacent to an activating group) is 1. The van der Waals surface area contributed by atoms with Crippen LogP contribution in [0.4, 0.5) is 0 Å². The predicted octanol–water partition coefficient (Wildman–Crippen LogP) is 0.906. The van der Waals surface area contributed by atoms with E-state index in [0.717, 1.165) is 11.8 Å². The summed E-state index contributed by atoms with van der Waals surface area (Å²) in [4.78, 5) is 50.8. The lowest BCUT2D eigenvalue weighted by molar-refractivity contribution is -0.186. The fourth-order valence-electron chi connectivity index (χ4n) is 1.61. The highest BCUT2D eigenvalue weighted by atomic mass is 16.6. The molecule has 0 aliphatic rings. The van der Waals surface area contributed by atoms with Gasteiger partial charge in [0.1, 0.15) is 0 Å². The molecule has 0 aromatic heterocycles. The van der Waals surface area contributed by atoms with Crippen molar-refractivity contribution in [1.82, 2.24) is 10.2 Å². The van der Waals surface area contributed by atoms with Gasteiger partial charge in [-0.3, -0.25) is 19.2 Å². The van der Waals surface area contributed by atoms with E-state index >= 15 is 0 Å². The highest BCUT2D eigenvalue weighted by Crippen LogP contribution is 2.24. The van der Waals surface area contributed by atoms with Crippen molar-refractivity contribution in [2.75, 3.05) is 14.1 Å². The number of hydrogen-bond donors (Lipinski definition) is 1. The van der Waals surface area contributed by atoms with Gasteiger partial charge in [-0.1, -0.05) is 0 Å². The Morgan fingerprint density at radius 3 is 1.61 bits per heavy atom. The van der Waals surface area contributed by atoms with Crippen LogP contribution < -0.4 is 5.32 Å². The molecule has 0 heterocycles.